The van der Waals surface area contributed by atoms with E-state index in [0.717, 1.165) is 16.2 Å². The second kappa shape index (κ2) is 3.88. The maximum atomic E-state index is 11.5. The number of aliphatic carboxylic acids is 1. The first-order valence-electron chi connectivity index (χ1n) is 5.72. The molecule has 2 heterocycles. The number of hydrogen-bond acceptors (Lipinski definition) is 5. The quantitative estimate of drug-likeness (QED) is 0.912. The van der Waals surface area contributed by atoms with Gasteiger partial charge < -0.3 is 5.11 Å². The normalized spacial score (nSPS) is 17.4. The van der Waals surface area contributed by atoms with Gasteiger partial charge in [0.25, 0.3) is 0 Å². The Hall–Kier alpha value is -1.76. The van der Waals surface area contributed by atoms with Crippen molar-refractivity contribution in [2.45, 2.75) is 31.7 Å². The minimum Gasteiger partial charge on any atom is -0.479 e. The zero-order valence-corrected chi connectivity index (χ0v) is 10.6. The largest absolute Gasteiger partial charge is 0.479 e. The fourth-order valence-electron chi connectivity index (χ4n) is 2.21. The van der Waals surface area contributed by atoms with Crippen molar-refractivity contribution in [1.82, 2.24) is 20.2 Å². The van der Waals surface area contributed by atoms with E-state index in [2.05, 4.69) is 15.5 Å². The number of aromatic nitrogens is 4. The Morgan fingerprint density at radius 1 is 1.50 bits per heavy atom. The summed E-state index contributed by atoms with van der Waals surface area (Å²) in [5.74, 6) is -0.300. The van der Waals surface area contributed by atoms with Crippen molar-refractivity contribution in [2.75, 3.05) is 0 Å². The van der Waals surface area contributed by atoms with E-state index in [-0.39, 0.29) is 0 Å². The lowest BCUT2D eigenvalue weighted by molar-refractivity contribution is -0.153. The summed E-state index contributed by atoms with van der Waals surface area (Å²) < 4.78 is 1.48. The van der Waals surface area contributed by atoms with Crippen molar-refractivity contribution in [3.8, 4) is 10.7 Å². The third-order valence-corrected chi connectivity index (χ3v) is 4.41. The van der Waals surface area contributed by atoms with Crippen LogP contribution in [0.3, 0.4) is 0 Å². The van der Waals surface area contributed by atoms with Gasteiger partial charge in [-0.05, 0) is 48.7 Å². The topological polar surface area (TPSA) is 80.9 Å². The van der Waals surface area contributed by atoms with Crippen LogP contribution in [-0.2, 0) is 10.3 Å². The van der Waals surface area contributed by atoms with E-state index in [1.54, 1.807) is 11.3 Å². The first kappa shape index (κ1) is 11.3. The number of aryl methyl sites for hydroxylation is 1. The van der Waals surface area contributed by atoms with Gasteiger partial charge >= 0.3 is 5.97 Å². The van der Waals surface area contributed by atoms with E-state index in [4.69, 9.17) is 0 Å². The molecule has 1 aliphatic carbocycles. The average Bonchev–Trinajstić information content (AvgIpc) is 2.84. The van der Waals surface area contributed by atoms with Crippen molar-refractivity contribution in [3.05, 3.63) is 17.0 Å². The number of carbonyl (C=O) groups is 1. The highest BCUT2D eigenvalue weighted by Crippen LogP contribution is 2.41. The zero-order chi connectivity index (χ0) is 12.8. The number of nitrogens with zero attached hydrogens (tertiary/aromatic N) is 4. The minimum absolute atomic E-state index is 0.551. The number of tetrazole rings is 1. The Morgan fingerprint density at radius 3 is 2.78 bits per heavy atom. The third kappa shape index (κ3) is 1.47. The van der Waals surface area contributed by atoms with Crippen LogP contribution in [0.4, 0.5) is 0 Å². The highest BCUT2D eigenvalue weighted by molar-refractivity contribution is 7.15. The van der Waals surface area contributed by atoms with Crippen LogP contribution in [0.1, 0.15) is 24.1 Å². The van der Waals surface area contributed by atoms with Crippen molar-refractivity contribution < 1.29 is 9.90 Å². The molecule has 2 aromatic rings. The molecule has 0 saturated heterocycles. The third-order valence-electron chi connectivity index (χ3n) is 3.41. The van der Waals surface area contributed by atoms with E-state index < -0.39 is 11.5 Å². The monoisotopic (exact) mass is 264 g/mol. The Bertz CT molecular complexity index is 600. The summed E-state index contributed by atoms with van der Waals surface area (Å²) in [6.07, 6.45) is 2.07. The van der Waals surface area contributed by atoms with Gasteiger partial charge in [-0.2, -0.15) is 0 Å². The van der Waals surface area contributed by atoms with Crippen LogP contribution in [0.2, 0.25) is 0 Å². The summed E-state index contributed by atoms with van der Waals surface area (Å²) in [7, 11) is 0. The fourth-order valence-corrected chi connectivity index (χ4v) is 3.05. The summed E-state index contributed by atoms with van der Waals surface area (Å²) in [4.78, 5) is 13.5. The molecule has 94 valence electrons. The Balaban J connectivity index is 2.09. The van der Waals surface area contributed by atoms with Gasteiger partial charge in [-0.3, -0.25) is 0 Å². The second-order valence-electron chi connectivity index (χ2n) is 4.51. The van der Waals surface area contributed by atoms with Crippen LogP contribution in [0, 0.1) is 6.92 Å². The molecule has 7 heteroatoms. The molecule has 0 bridgehead atoms. The molecular weight excluding hydrogens is 252 g/mol. The molecule has 1 N–H and O–H groups in total. The summed E-state index contributed by atoms with van der Waals surface area (Å²) in [5.41, 5.74) is -0.948. The van der Waals surface area contributed by atoms with Gasteiger partial charge in [0, 0.05) is 4.88 Å². The first-order valence-corrected chi connectivity index (χ1v) is 6.54. The Morgan fingerprint density at radius 2 is 2.28 bits per heavy atom. The lowest BCUT2D eigenvalue weighted by Gasteiger charge is -2.37. The molecule has 3 rings (SSSR count). The minimum atomic E-state index is -0.948. The van der Waals surface area contributed by atoms with Crippen molar-refractivity contribution in [3.63, 3.8) is 0 Å². The van der Waals surface area contributed by atoms with Gasteiger partial charge in [0.05, 0.1) is 4.88 Å². The highest BCUT2D eigenvalue weighted by Gasteiger charge is 2.49. The summed E-state index contributed by atoms with van der Waals surface area (Å²) in [5, 5.41) is 20.9. The molecule has 0 aliphatic heterocycles. The van der Waals surface area contributed by atoms with Crippen LogP contribution >= 0.6 is 11.3 Å². The standard InChI is InChI=1S/C11H12N4O2S/c1-7-3-4-8(18-7)9-12-13-14-15(9)11(10(16)17)5-2-6-11/h3-4H,2,5-6H2,1H3,(H,16,17). The summed E-state index contributed by atoms with van der Waals surface area (Å²) >= 11 is 1.57. The number of carboxylic acid groups (broad SMARTS) is 1. The van der Waals surface area contributed by atoms with Crippen LogP contribution in [0.5, 0.6) is 0 Å². The van der Waals surface area contributed by atoms with Crippen molar-refractivity contribution >= 4 is 17.3 Å². The predicted molar refractivity (Wildman–Crippen MR) is 65.3 cm³/mol. The number of carboxylic acids is 1. The van der Waals surface area contributed by atoms with Gasteiger partial charge in [-0.25, -0.2) is 9.48 Å². The van der Waals surface area contributed by atoms with Gasteiger partial charge in [0.1, 0.15) is 0 Å². The molecule has 1 aliphatic rings. The lowest BCUT2D eigenvalue weighted by Crippen LogP contribution is -2.48. The molecule has 18 heavy (non-hydrogen) atoms. The molecular formula is C11H12N4O2S. The van der Waals surface area contributed by atoms with Crippen LogP contribution in [0.15, 0.2) is 12.1 Å². The van der Waals surface area contributed by atoms with Gasteiger partial charge in [-0.15, -0.1) is 16.4 Å². The average molecular weight is 264 g/mol. The first-order chi connectivity index (χ1) is 8.63. The number of thiophene rings is 1. The van der Waals surface area contributed by atoms with Crippen LogP contribution < -0.4 is 0 Å². The molecule has 0 amide bonds. The van der Waals surface area contributed by atoms with E-state index >= 15 is 0 Å². The van der Waals surface area contributed by atoms with E-state index in [1.807, 2.05) is 19.1 Å². The summed E-state index contributed by atoms with van der Waals surface area (Å²) in [6.45, 7) is 2.00. The molecule has 1 saturated carbocycles. The maximum Gasteiger partial charge on any atom is 0.331 e. The highest BCUT2D eigenvalue weighted by atomic mass is 32.1. The van der Waals surface area contributed by atoms with Gasteiger partial charge in [-0.1, -0.05) is 0 Å². The predicted octanol–water partition coefficient (Wildman–Crippen LogP) is 1.67. The van der Waals surface area contributed by atoms with E-state index in [9.17, 15) is 9.90 Å². The van der Waals surface area contributed by atoms with E-state index in [1.165, 1.54) is 4.68 Å². The maximum absolute atomic E-state index is 11.5. The molecule has 0 spiro atoms. The number of rotatable bonds is 3. The molecule has 0 radical (unpaired) electrons. The molecule has 0 atom stereocenters. The summed E-state index contributed by atoms with van der Waals surface area (Å²) in [6, 6.07) is 3.91. The molecule has 2 aromatic heterocycles. The number of hydrogen-bond donors (Lipinski definition) is 1. The van der Waals surface area contributed by atoms with Gasteiger partial charge in [0.15, 0.2) is 11.4 Å². The molecule has 0 unspecified atom stereocenters. The molecule has 6 nitrogen and oxygen atoms in total. The van der Waals surface area contributed by atoms with Crippen LogP contribution in [0.25, 0.3) is 10.7 Å². The van der Waals surface area contributed by atoms with Crippen molar-refractivity contribution in [2.24, 2.45) is 0 Å². The van der Waals surface area contributed by atoms with E-state index in [0.29, 0.717) is 18.7 Å². The second-order valence-corrected chi connectivity index (χ2v) is 5.80. The smallest absolute Gasteiger partial charge is 0.331 e. The zero-order valence-electron chi connectivity index (χ0n) is 9.83. The SMILES string of the molecule is Cc1ccc(-c2nnnn2C2(C(=O)O)CCC2)s1. The van der Waals surface area contributed by atoms with Gasteiger partial charge in [0.2, 0.25) is 0 Å². The lowest BCUT2D eigenvalue weighted by atomic mass is 9.77. The van der Waals surface area contributed by atoms with Crippen LogP contribution in [-0.4, -0.2) is 31.3 Å². The Labute approximate surface area is 107 Å². The molecule has 1 fully saturated rings. The Kier molecular flexibility index (Phi) is 2.44. The van der Waals surface area contributed by atoms with Crippen molar-refractivity contribution in [1.29, 1.82) is 0 Å². The molecule has 0 aromatic carbocycles. The fraction of sp³-hybridized carbons (Fsp3) is 0.455.